The van der Waals surface area contributed by atoms with Gasteiger partial charge in [0.25, 0.3) is 0 Å². The maximum absolute atomic E-state index is 11.9. The first-order valence-corrected chi connectivity index (χ1v) is 11.3. The number of halogens is 1. The molecule has 0 radical (unpaired) electrons. The molecule has 5 nitrogen and oxygen atoms in total. The van der Waals surface area contributed by atoms with Crippen LogP contribution in [0.15, 0.2) is 60.3 Å². The van der Waals surface area contributed by atoms with Gasteiger partial charge in [-0.2, -0.15) is 0 Å². The second-order valence-corrected chi connectivity index (χ2v) is 8.17. The topological polar surface area (TPSA) is 64.3 Å². The number of hydrogen-bond donors (Lipinski definition) is 1. The molecule has 3 aromatic rings. The summed E-state index contributed by atoms with van der Waals surface area (Å²) in [5, 5.41) is 10.3. The summed E-state index contributed by atoms with van der Waals surface area (Å²) >= 11 is 6.53. The summed E-state index contributed by atoms with van der Waals surface area (Å²) in [7, 11) is 0. The molecule has 6 heteroatoms. The molecule has 0 bridgehead atoms. The number of imidazole rings is 1. The highest BCUT2D eigenvalue weighted by atomic mass is 35.5. The smallest absolute Gasteiger partial charge is 0.331 e. The maximum atomic E-state index is 11.9. The van der Waals surface area contributed by atoms with Gasteiger partial charge in [-0.3, -0.25) is 0 Å². The number of aliphatic carboxylic acids is 1. The fourth-order valence-corrected chi connectivity index (χ4v) is 3.68. The Kier molecular flexibility index (Phi) is 8.51. The van der Waals surface area contributed by atoms with Crippen LogP contribution in [0.25, 0.3) is 6.08 Å². The lowest BCUT2D eigenvalue weighted by Gasteiger charge is -2.13. The molecule has 168 valence electrons. The molecular formula is C26H29ClN2O3. The quantitative estimate of drug-likeness (QED) is 0.279. The molecule has 0 aliphatic carbocycles. The van der Waals surface area contributed by atoms with E-state index in [2.05, 4.69) is 11.9 Å². The van der Waals surface area contributed by atoms with Gasteiger partial charge in [-0.25, -0.2) is 9.78 Å². The highest BCUT2D eigenvalue weighted by molar-refractivity contribution is 6.31. The summed E-state index contributed by atoms with van der Waals surface area (Å²) in [4.78, 5) is 16.3. The van der Waals surface area contributed by atoms with Crippen LogP contribution in [0, 0.1) is 6.92 Å². The van der Waals surface area contributed by atoms with Gasteiger partial charge >= 0.3 is 5.97 Å². The van der Waals surface area contributed by atoms with E-state index >= 15 is 0 Å². The molecule has 0 aliphatic rings. The number of rotatable bonds is 11. The molecule has 32 heavy (non-hydrogen) atoms. The number of aromatic nitrogens is 2. The summed E-state index contributed by atoms with van der Waals surface area (Å²) in [6, 6.07) is 15.3. The molecule has 1 heterocycles. The zero-order valence-electron chi connectivity index (χ0n) is 18.6. The van der Waals surface area contributed by atoms with Crippen LogP contribution in [0.3, 0.4) is 0 Å². The minimum Gasteiger partial charge on any atom is -0.494 e. The Labute approximate surface area is 194 Å². The van der Waals surface area contributed by atoms with E-state index in [1.54, 1.807) is 12.3 Å². The highest BCUT2D eigenvalue weighted by Crippen LogP contribution is 2.25. The van der Waals surface area contributed by atoms with Gasteiger partial charge in [0.05, 0.1) is 25.0 Å². The van der Waals surface area contributed by atoms with Crippen LogP contribution >= 0.6 is 11.6 Å². The first-order chi connectivity index (χ1) is 15.5. The van der Waals surface area contributed by atoms with Crippen molar-refractivity contribution < 1.29 is 14.6 Å². The number of benzene rings is 2. The molecule has 0 spiro atoms. The molecule has 2 aromatic carbocycles. The van der Waals surface area contributed by atoms with Crippen molar-refractivity contribution in [2.45, 2.75) is 46.1 Å². The third-order valence-electron chi connectivity index (χ3n) is 5.29. The van der Waals surface area contributed by atoms with Gasteiger partial charge < -0.3 is 14.4 Å². The average molecular weight is 453 g/mol. The molecule has 0 aliphatic heterocycles. The van der Waals surface area contributed by atoms with E-state index in [0.717, 1.165) is 47.7 Å². The zero-order chi connectivity index (χ0) is 22.9. The largest absolute Gasteiger partial charge is 0.494 e. The summed E-state index contributed by atoms with van der Waals surface area (Å²) in [5.74, 6) is 0.604. The molecule has 0 atom stereocenters. The van der Waals surface area contributed by atoms with Gasteiger partial charge in [-0.1, -0.05) is 67.8 Å². The fraction of sp³-hybridized carbons (Fsp3) is 0.308. The molecule has 3 rings (SSSR count). The molecule has 0 fully saturated rings. The van der Waals surface area contributed by atoms with E-state index in [-0.39, 0.29) is 0 Å². The monoisotopic (exact) mass is 452 g/mol. The van der Waals surface area contributed by atoms with Crippen molar-refractivity contribution in [3.05, 3.63) is 88.0 Å². The number of carboxylic acids is 1. The van der Waals surface area contributed by atoms with Crippen LogP contribution in [0.1, 0.15) is 48.8 Å². The van der Waals surface area contributed by atoms with Crippen molar-refractivity contribution in [1.29, 1.82) is 0 Å². The number of unbranched alkanes of at least 4 members (excludes halogenated alkanes) is 2. The lowest BCUT2D eigenvalue weighted by Crippen LogP contribution is -2.08. The summed E-state index contributed by atoms with van der Waals surface area (Å²) < 4.78 is 7.75. The van der Waals surface area contributed by atoms with E-state index in [1.165, 1.54) is 0 Å². The Hall–Kier alpha value is -3.05. The molecular weight excluding hydrogens is 424 g/mol. The van der Waals surface area contributed by atoms with Crippen LogP contribution in [0.2, 0.25) is 5.02 Å². The number of nitrogens with zero attached hydrogens (tertiary/aromatic N) is 2. The molecule has 1 aromatic heterocycles. The highest BCUT2D eigenvalue weighted by Gasteiger charge is 2.13. The number of hydrogen-bond acceptors (Lipinski definition) is 3. The van der Waals surface area contributed by atoms with Crippen LogP contribution in [-0.4, -0.2) is 27.2 Å². The molecule has 0 unspecified atom stereocenters. The minimum atomic E-state index is -0.943. The normalized spacial score (nSPS) is 11.5. The lowest BCUT2D eigenvalue weighted by molar-refractivity contribution is -0.132. The summed E-state index contributed by atoms with van der Waals surface area (Å²) in [6.45, 7) is 5.23. The number of aryl methyl sites for hydroxylation is 1. The fourth-order valence-electron chi connectivity index (χ4n) is 3.45. The van der Waals surface area contributed by atoms with Gasteiger partial charge in [0.15, 0.2) is 0 Å². The van der Waals surface area contributed by atoms with Crippen LogP contribution in [0.4, 0.5) is 0 Å². The van der Waals surface area contributed by atoms with Crippen molar-refractivity contribution in [3.63, 3.8) is 0 Å². The van der Waals surface area contributed by atoms with Crippen molar-refractivity contribution in [1.82, 2.24) is 9.55 Å². The van der Waals surface area contributed by atoms with Gasteiger partial charge in [0.2, 0.25) is 0 Å². The molecule has 0 saturated heterocycles. The Morgan fingerprint density at radius 2 is 1.97 bits per heavy atom. The van der Waals surface area contributed by atoms with Gasteiger partial charge in [-0.15, -0.1) is 0 Å². The Balaban J connectivity index is 1.79. The van der Waals surface area contributed by atoms with E-state index in [4.69, 9.17) is 16.3 Å². The van der Waals surface area contributed by atoms with E-state index < -0.39 is 5.97 Å². The Morgan fingerprint density at radius 1 is 1.19 bits per heavy atom. The third kappa shape index (κ3) is 6.47. The van der Waals surface area contributed by atoms with Crippen molar-refractivity contribution in [3.8, 4) is 5.75 Å². The van der Waals surface area contributed by atoms with Crippen LogP contribution in [0.5, 0.6) is 5.75 Å². The standard InChI is InChI=1S/C26H29ClN2O3/c1-3-4-8-13-32-24-12-11-21(25(27)16-24)18-29-19(2)28-17-23(29)15-22(26(30)31)14-20-9-6-5-7-10-20/h5-7,9-12,15-17H,3-4,8,13-14,18H2,1-2H3,(H,30,31)/b22-15+. The van der Waals surface area contributed by atoms with Crippen LogP contribution in [-0.2, 0) is 17.8 Å². The van der Waals surface area contributed by atoms with Crippen LogP contribution < -0.4 is 4.74 Å². The molecule has 0 amide bonds. The zero-order valence-corrected chi connectivity index (χ0v) is 19.3. The average Bonchev–Trinajstić information content (AvgIpc) is 3.12. The lowest BCUT2D eigenvalue weighted by atomic mass is 10.0. The predicted octanol–water partition coefficient (Wildman–Crippen LogP) is 6.17. The maximum Gasteiger partial charge on any atom is 0.331 e. The minimum absolute atomic E-state index is 0.305. The number of ether oxygens (including phenoxy) is 1. The summed E-state index contributed by atoms with van der Waals surface area (Å²) in [6.07, 6.45) is 7.04. The molecule has 0 saturated carbocycles. The van der Waals surface area contributed by atoms with E-state index in [9.17, 15) is 9.90 Å². The Bertz CT molecular complexity index is 1070. The van der Waals surface area contributed by atoms with E-state index in [0.29, 0.717) is 30.2 Å². The second kappa shape index (κ2) is 11.5. The Morgan fingerprint density at radius 3 is 2.66 bits per heavy atom. The van der Waals surface area contributed by atoms with Crippen molar-refractivity contribution in [2.24, 2.45) is 0 Å². The first kappa shape index (κ1) is 23.6. The predicted molar refractivity (Wildman–Crippen MR) is 128 cm³/mol. The second-order valence-electron chi connectivity index (χ2n) is 7.76. The van der Waals surface area contributed by atoms with Gasteiger partial charge in [0, 0.05) is 17.0 Å². The third-order valence-corrected chi connectivity index (χ3v) is 5.64. The first-order valence-electron chi connectivity index (χ1n) is 10.9. The number of carbonyl (C=O) groups is 1. The van der Waals surface area contributed by atoms with Crippen molar-refractivity contribution in [2.75, 3.05) is 6.61 Å². The van der Waals surface area contributed by atoms with Gasteiger partial charge in [0.1, 0.15) is 11.6 Å². The van der Waals surface area contributed by atoms with Crippen molar-refractivity contribution >= 4 is 23.6 Å². The number of carboxylic acid groups (broad SMARTS) is 1. The SMILES string of the molecule is CCCCCOc1ccc(Cn2c(/C=C(\Cc3ccccc3)C(=O)O)cnc2C)c(Cl)c1. The van der Waals surface area contributed by atoms with Gasteiger partial charge in [-0.05, 0) is 42.7 Å². The van der Waals surface area contributed by atoms with E-state index in [1.807, 2.05) is 60.0 Å². The summed E-state index contributed by atoms with van der Waals surface area (Å²) in [5.41, 5.74) is 2.90. The molecule has 1 N–H and O–H groups in total.